The van der Waals surface area contributed by atoms with Gasteiger partial charge in [-0.3, -0.25) is 14.9 Å². The highest BCUT2D eigenvalue weighted by atomic mass is 19.4. The number of aryl methyl sites for hydroxylation is 1. The van der Waals surface area contributed by atoms with E-state index in [4.69, 9.17) is 22.2 Å². The van der Waals surface area contributed by atoms with Crippen LogP contribution in [0, 0.1) is 0 Å². The number of carbonyl (C=O) groups excluding carboxylic acids is 1. The van der Waals surface area contributed by atoms with Gasteiger partial charge in [-0.05, 0) is 57.4 Å². The Kier molecular flexibility index (Phi) is 7.21. The smallest absolute Gasteiger partial charge is 0.383 e. The van der Waals surface area contributed by atoms with Crippen molar-refractivity contribution >= 4 is 23.2 Å². The molecule has 240 valence electrons. The molecule has 1 aliphatic carbocycles. The van der Waals surface area contributed by atoms with Gasteiger partial charge in [0.05, 0.1) is 17.6 Å². The predicted octanol–water partition coefficient (Wildman–Crippen LogP) is 4.46. The van der Waals surface area contributed by atoms with E-state index in [-0.39, 0.29) is 40.9 Å². The van der Waals surface area contributed by atoms with Crippen molar-refractivity contribution in [1.82, 2.24) is 34.7 Å². The van der Waals surface area contributed by atoms with Crippen LogP contribution in [-0.4, -0.2) is 65.0 Å². The summed E-state index contributed by atoms with van der Waals surface area (Å²) in [6.45, 7) is 1.98. The number of nitrogens with zero attached hydrogens (tertiary/aromatic N) is 6. The lowest BCUT2D eigenvalue weighted by atomic mass is 9.93. The van der Waals surface area contributed by atoms with Crippen LogP contribution in [0.4, 0.5) is 38.0 Å². The largest absolute Gasteiger partial charge is 0.421 e. The van der Waals surface area contributed by atoms with Crippen molar-refractivity contribution in [3.8, 4) is 11.1 Å². The number of amides is 1. The van der Waals surface area contributed by atoms with Gasteiger partial charge in [0.1, 0.15) is 17.3 Å². The Morgan fingerprint density at radius 2 is 1.76 bits per heavy atom. The number of nitrogens with two attached hydrogens (primary N) is 3. The van der Waals surface area contributed by atoms with E-state index in [1.165, 1.54) is 16.8 Å². The lowest BCUT2D eigenvalue weighted by Gasteiger charge is -2.32. The van der Waals surface area contributed by atoms with Gasteiger partial charge in [0.25, 0.3) is 11.4 Å². The second-order valence-electron chi connectivity index (χ2n) is 11.7. The number of anilines is 2. The molecule has 5 heterocycles. The van der Waals surface area contributed by atoms with Gasteiger partial charge >= 0.3 is 12.4 Å². The second-order valence-corrected chi connectivity index (χ2v) is 11.7. The van der Waals surface area contributed by atoms with Crippen molar-refractivity contribution in [2.45, 2.75) is 81.3 Å². The molecule has 11 nitrogen and oxygen atoms in total. The van der Waals surface area contributed by atoms with Crippen molar-refractivity contribution in [3.05, 3.63) is 53.2 Å². The molecule has 6 rings (SSSR count). The summed E-state index contributed by atoms with van der Waals surface area (Å²) in [5, 5.41) is 10.9. The number of likely N-dealkylation sites (tertiary alicyclic amines) is 1. The molecule has 4 aromatic heterocycles. The average molecular weight is 637 g/mol. The number of fused-ring (bicyclic) bond motifs is 1. The first kappa shape index (κ1) is 30.6. The maximum atomic E-state index is 13.5. The lowest BCUT2D eigenvalue weighted by Crippen LogP contribution is -2.61. The van der Waals surface area contributed by atoms with Crippen molar-refractivity contribution in [3.63, 3.8) is 0 Å². The average Bonchev–Trinajstić information content (AvgIpc) is 3.37. The van der Waals surface area contributed by atoms with Crippen LogP contribution in [0.15, 0.2) is 30.6 Å². The van der Waals surface area contributed by atoms with E-state index >= 15 is 0 Å². The van der Waals surface area contributed by atoms with Crippen LogP contribution in [0.5, 0.6) is 0 Å². The number of hydrogen-bond acceptors (Lipinski definition) is 8. The number of aromatic nitrogens is 6. The van der Waals surface area contributed by atoms with E-state index in [1.807, 2.05) is 11.8 Å². The monoisotopic (exact) mass is 636 g/mol. The van der Waals surface area contributed by atoms with Crippen LogP contribution < -0.4 is 17.2 Å². The van der Waals surface area contributed by atoms with E-state index in [0.717, 1.165) is 43.5 Å². The number of nitrogens with one attached hydrogen (secondary N) is 1. The van der Waals surface area contributed by atoms with Crippen molar-refractivity contribution < 1.29 is 31.1 Å². The maximum absolute atomic E-state index is 13.5. The van der Waals surface area contributed by atoms with E-state index in [1.54, 1.807) is 0 Å². The first-order chi connectivity index (χ1) is 21.1. The second kappa shape index (κ2) is 10.6. The summed E-state index contributed by atoms with van der Waals surface area (Å²) < 4.78 is 82.3. The molecular weight excluding hydrogens is 606 g/mol. The number of nitrogen functional groups attached to an aromatic ring is 2. The number of rotatable bonds is 7. The molecule has 45 heavy (non-hydrogen) atoms. The molecule has 0 aromatic carbocycles. The molecule has 1 saturated carbocycles. The van der Waals surface area contributed by atoms with Gasteiger partial charge in [0.2, 0.25) is 0 Å². The highest BCUT2D eigenvalue weighted by Gasteiger charge is 2.70. The molecule has 7 N–H and O–H groups in total. The number of hydrogen-bond donors (Lipinski definition) is 4. The van der Waals surface area contributed by atoms with Crippen LogP contribution in [0.2, 0.25) is 0 Å². The molecule has 0 bridgehead atoms. The number of pyridine rings is 1. The van der Waals surface area contributed by atoms with Gasteiger partial charge in [-0.15, -0.1) is 0 Å². The zero-order chi connectivity index (χ0) is 32.5. The van der Waals surface area contributed by atoms with Gasteiger partial charge in [0, 0.05) is 41.0 Å². The van der Waals surface area contributed by atoms with E-state index in [0.29, 0.717) is 41.7 Å². The quantitative estimate of drug-likeness (QED) is 0.216. The molecular formula is C28H30F6N10O. The Labute approximate surface area is 252 Å². The summed E-state index contributed by atoms with van der Waals surface area (Å²) in [5.74, 6) is 0.546. The summed E-state index contributed by atoms with van der Waals surface area (Å²) >= 11 is 0. The number of aromatic amines is 1. The third-order valence-electron chi connectivity index (χ3n) is 8.72. The molecule has 17 heteroatoms. The van der Waals surface area contributed by atoms with Gasteiger partial charge < -0.3 is 22.1 Å². The number of H-pyrrole nitrogens is 1. The first-order valence-electron chi connectivity index (χ1n) is 14.3. The zero-order valence-electron chi connectivity index (χ0n) is 24.0. The molecule has 1 amide bonds. The fourth-order valence-electron chi connectivity index (χ4n) is 6.13. The predicted molar refractivity (Wildman–Crippen MR) is 151 cm³/mol. The van der Waals surface area contributed by atoms with Gasteiger partial charge in [-0.2, -0.15) is 41.1 Å². The third kappa shape index (κ3) is 5.11. The summed E-state index contributed by atoms with van der Waals surface area (Å²) in [6, 6.07) is 3.06. The number of halogens is 6. The van der Waals surface area contributed by atoms with Crippen LogP contribution in [0.25, 0.3) is 16.8 Å². The minimum atomic E-state index is -5.84. The maximum Gasteiger partial charge on any atom is 0.421 e. The highest BCUT2D eigenvalue weighted by Crippen LogP contribution is 2.48. The Morgan fingerprint density at radius 1 is 1.04 bits per heavy atom. The van der Waals surface area contributed by atoms with E-state index in [9.17, 15) is 31.1 Å². The van der Waals surface area contributed by atoms with Crippen molar-refractivity contribution in [2.75, 3.05) is 11.5 Å². The Morgan fingerprint density at radius 3 is 2.33 bits per heavy atom. The molecule has 1 saturated heterocycles. The molecule has 2 aliphatic rings. The van der Waals surface area contributed by atoms with Gasteiger partial charge in [-0.1, -0.05) is 6.07 Å². The minimum Gasteiger partial charge on any atom is -0.383 e. The third-order valence-corrected chi connectivity index (χ3v) is 8.72. The molecule has 0 radical (unpaired) electrons. The zero-order valence-corrected chi connectivity index (χ0v) is 24.0. The summed E-state index contributed by atoms with van der Waals surface area (Å²) in [4.78, 5) is 23.5. The molecule has 4 aromatic rings. The minimum absolute atomic E-state index is 0.00529. The number of alkyl halides is 6. The van der Waals surface area contributed by atoms with Crippen LogP contribution in [0.1, 0.15) is 72.4 Å². The van der Waals surface area contributed by atoms with Gasteiger partial charge in [0.15, 0.2) is 5.65 Å². The van der Waals surface area contributed by atoms with Crippen LogP contribution in [0.3, 0.4) is 0 Å². The fraction of sp³-hybridized carbons (Fsp3) is 0.464. The molecule has 2 fully saturated rings. The fourth-order valence-corrected chi connectivity index (χ4v) is 6.13. The molecule has 0 unspecified atom stereocenters. The standard InChI is InChI=1S/C28H30F6N10O/c1-13-2-6-16(43(13)25(45)19-10-21(35)42-41-19)7-8-18-22(14-3-4-14)23(36)44-24(40-18)17(12-39-44)15-5-9-20(38-11-15)26(37,27(29,30)31)28(32,33)34/h5,9-14,16H,2-4,6-8,36-37H2,1H3,(H3,35,41,42)/t13-,16-/m1/s1. The van der Waals surface area contributed by atoms with Crippen LogP contribution in [-0.2, 0) is 12.0 Å². The van der Waals surface area contributed by atoms with Crippen molar-refractivity contribution in [2.24, 2.45) is 5.73 Å². The summed E-state index contributed by atoms with van der Waals surface area (Å²) in [5.41, 5.74) is 13.7. The Hall–Kier alpha value is -4.41. The SMILES string of the molecule is C[C@@H]1CC[C@H](CCc2nc3c(-c4ccc(C(N)(C(F)(F)F)C(F)(F)F)nc4)cnn3c(N)c2C2CC2)N1C(=O)c1cc(N)n[nH]1. The highest BCUT2D eigenvalue weighted by molar-refractivity contribution is 5.93. The summed E-state index contributed by atoms with van der Waals surface area (Å²) in [7, 11) is 0. The number of carbonyl (C=O) groups is 1. The molecule has 1 aliphatic heterocycles. The van der Waals surface area contributed by atoms with Crippen LogP contribution >= 0.6 is 0 Å². The van der Waals surface area contributed by atoms with E-state index in [2.05, 4.69) is 20.3 Å². The topological polar surface area (TPSA) is 170 Å². The normalized spacial score (nSPS) is 19.5. The van der Waals surface area contributed by atoms with E-state index < -0.39 is 23.6 Å². The molecule has 0 spiro atoms. The molecule has 2 atom stereocenters. The van der Waals surface area contributed by atoms with Crippen molar-refractivity contribution in [1.29, 1.82) is 0 Å². The lowest BCUT2D eigenvalue weighted by molar-refractivity contribution is -0.303. The first-order valence-corrected chi connectivity index (χ1v) is 14.3. The Balaban J connectivity index is 1.32. The van der Waals surface area contributed by atoms with Gasteiger partial charge in [-0.25, -0.2) is 4.98 Å². The Bertz CT molecular complexity index is 1730. The summed E-state index contributed by atoms with van der Waals surface area (Å²) in [6.07, 6.45) is -4.95.